The number of amides is 2. The molecule has 2 aromatic carbocycles. The van der Waals surface area contributed by atoms with Gasteiger partial charge >= 0.3 is 0 Å². The van der Waals surface area contributed by atoms with Gasteiger partial charge in [0.2, 0.25) is 0 Å². The van der Waals surface area contributed by atoms with Crippen LogP contribution >= 0.6 is 11.8 Å². The van der Waals surface area contributed by atoms with E-state index in [1.165, 1.54) is 10.5 Å². The van der Waals surface area contributed by atoms with Crippen LogP contribution in [0.4, 0.5) is 4.79 Å². The molecule has 5 heteroatoms. The normalized spacial score (nSPS) is 15.6. The van der Waals surface area contributed by atoms with Gasteiger partial charge in [-0.1, -0.05) is 44.2 Å². The highest BCUT2D eigenvalue weighted by Gasteiger charge is 2.34. The van der Waals surface area contributed by atoms with Crippen molar-refractivity contribution in [2.75, 3.05) is 13.7 Å². The van der Waals surface area contributed by atoms with Crippen molar-refractivity contribution in [3.63, 3.8) is 0 Å². The molecule has 0 spiro atoms. The fraction of sp³-hybridized carbons (Fsp3) is 0.333. The second-order valence-electron chi connectivity index (χ2n) is 7.53. The van der Waals surface area contributed by atoms with E-state index in [0.717, 1.165) is 47.0 Å². The number of thioether (sulfide) groups is 1. The fourth-order valence-corrected chi connectivity index (χ4v) is 4.28. The zero-order valence-electron chi connectivity index (χ0n) is 17.4. The summed E-state index contributed by atoms with van der Waals surface area (Å²) in [4.78, 5) is 27.0. The molecule has 0 aromatic heterocycles. The average molecular weight is 410 g/mol. The van der Waals surface area contributed by atoms with E-state index < -0.39 is 0 Å². The summed E-state index contributed by atoms with van der Waals surface area (Å²) in [5.74, 6) is 0.948. The third-order valence-corrected chi connectivity index (χ3v) is 6.00. The van der Waals surface area contributed by atoms with Crippen molar-refractivity contribution in [1.29, 1.82) is 0 Å². The molecule has 152 valence electrons. The van der Waals surface area contributed by atoms with Crippen LogP contribution in [0.1, 0.15) is 48.4 Å². The summed E-state index contributed by atoms with van der Waals surface area (Å²) in [6.45, 7) is 6.65. The van der Waals surface area contributed by atoms with Crippen LogP contribution in [-0.4, -0.2) is 29.7 Å². The van der Waals surface area contributed by atoms with E-state index in [1.807, 2.05) is 37.3 Å². The summed E-state index contributed by atoms with van der Waals surface area (Å²) in [5, 5.41) is -0.190. The lowest BCUT2D eigenvalue weighted by Gasteiger charge is -2.15. The molecule has 1 aliphatic heterocycles. The molecule has 1 aliphatic rings. The number of carbonyl (C=O) groups excluding carboxylic acids is 2. The number of hydrogen-bond acceptors (Lipinski definition) is 4. The Kier molecular flexibility index (Phi) is 6.80. The third-order valence-electron chi connectivity index (χ3n) is 5.09. The van der Waals surface area contributed by atoms with Gasteiger partial charge in [0.05, 0.1) is 12.0 Å². The lowest BCUT2D eigenvalue weighted by Crippen LogP contribution is -2.29. The Balaban J connectivity index is 1.75. The molecule has 0 atom stereocenters. The first-order valence-electron chi connectivity index (χ1n) is 9.88. The molecule has 3 rings (SSSR count). The zero-order valence-corrected chi connectivity index (χ0v) is 18.2. The number of aryl methyl sites for hydroxylation is 2. The molecule has 0 unspecified atom stereocenters. The highest BCUT2D eigenvalue weighted by molar-refractivity contribution is 8.18. The minimum Gasteiger partial charge on any atom is -0.496 e. The maximum atomic E-state index is 12.8. The minimum absolute atomic E-state index is 0.190. The van der Waals surface area contributed by atoms with Crippen molar-refractivity contribution in [3.8, 4) is 5.75 Å². The predicted molar refractivity (Wildman–Crippen MR) is 119 cm³/mol. The molecule has 0 aliphatic carbocycles. The predicted octanol–water partition coefficient (Wildman–Crippen LogP) is 5.80. The van der Waals surface area contributed by atoms with Crippen molar-refractivity contribution in [1.82, 2.24) is 4.90 Å². The molecule has 1 saturated heterocycles. The van der Waals surface area contributed by atoms with Crippen LogP contribution in [0.3, 0.4) is 0 Å². The molecule has 0 radical (unpaired) electrons. The quantitative estimate of drug-likeness (QED) is 0.543. The van der Waals surface area contributed by atoms with Crippen LogP contribution in [0, 0.1) is 6.92 Å². The van der Waals surface area contributed by atoms with Crippen LogP contribution < -0.4 is 4.74 Å². The number of rotatable bonds is 7. The monoisotopic (exact) mass is 409 g/mol. The van der Waals surface area contributed by atoms with E-state index in [-0.39, 0.29) is 11.1 Å². The van der Waals surface area contributed by atoms with E-state index in [1.54, 1.807) is 7.11 Å². The van der Waals surface area contributed by atoms with Crippen molar-refractivity contribution in [2.45, 2.75) is 39.5 Å². The molecule has 1 heterocycles. The first kappa shape index (κ1) is 21.2. The van der Waals surface area contributed by atoms with Crippen LogP contribution in [0.25, 0.3) is 6.08 Å². The van der Waals surface area contributed by atoms with Gasteiger partial charge in [-0.3, -0.25) is 14.5 Å². The van der Waals surface area contributed by atoms with E-state index in [2.05, 4.69) is 32.0 Å². The maximum absolute atomic E-state index is 12.8. The molecule has 0 bridgehead atoms. The van der Waals surface area contributed by atoms with Crippen molar-refractivity contribution < 1.29 is 14.3 Å². The second-order valence-corrected chi connectivity index (χ2v) is 8.52. The summed E-state index contributed by atoms with van der Waals surface area (Å²) in [6.07, 6.45) is 3.44. The van der Waals surface area contributed by atoms with Gasteiger partial charge in [-0.05, 0) is 77.9 Å². The highest BCUT2D eigenvalue weighted by atomic mass is 32.2. The molecular formula is C24H27NO3S. The molecule has 2 aromatic rings. The zero-order chi connectivity index (χ0) is 21.0. The molecule has 2 amide bonds. The number of hydrogen-bond donors (Lipinski definition) is 0. The van der Waals surface area contributed by atoms with Crippen LogP contribution in [0.5, 0.6) is 5.75 Å². The first-order chi connectivity index (χ1) is 13.9. The third kappa shape index (κ3) is 4.91. The standard InChI is InChI=1S/C24H27NO3S/c1-16(2)20-14-19(17(3)13-21(20)28-4)15-22-23(26)25(24(27)29-22)12-8-11-18-9-6-5-7-10-18/h5-7,9-10,13-16H,8,11-12H2,1-4H3/b22-15+. The molecule has 29 heavy (non-hydrogen) atoms. The largest absolute Gasteiger partial charge is 0.496 e. The molecule has 0 N–H and O–H groups in total. The fourth-order valence-electron chi connectivity index (χ4n) is 3.42. The number of ether oxygens (including phenoxy) is 1. The first-order valence-corrected chi connectivity index (χ1v) is 10.7. The van der Waals surface area contributed by atoms with E-state index in [9.17, 15) is 9.59 Å². The van der Waals surface area contributed by atoms with Crippen molar-refractivity contribution >= 4 is 29.0 Å². The Labute approximate surface area is 176 Å². The second kappa shape index (κ2) is 9.31. The van der Waals surface area contributed by atoms with Gasteiger partial charge in [0, 0.05) is 6.54 Å². The summed E-state index contributed by atoms with van der Waals surface area (Å²) >= 11 is 1.02. The Morgan fingerprint density at radius 3 is 2.52 bits per heavy atom. The molecule has 0 saturated carbocycles. The number of methoxy groups -OCH3 is 1. The average Bonchev–Trinajstić information content (AvgIpc) is 2.97. The van der Waals surface area contributed by atoms with Crippen molar-refractivity contribution in [3.05, 3.63) is 69.6 Å². The van der Waals surface area contributed by atoms with Gasteiger partial charge in [-0.2, -0.15) is 0 Å². The Hall–Kier alpha value is -2.53. The van der Waals surface area contributed by atoms with E-state index in [4.69, 9.17) is 4.74 Å². The Morgan fingerprint density at radius 2 is 1.86 bits per heavy atom. The van der Waals surface area contributed by atoms with Crippen LogP contribution in [0.2, 0.25) is 0 Å². The number of imide groups is 1. The van der Waals surface area contributed by atoms with Crippen molar-refractivity contribution in [2.24, 2.45) is 0 Å². The maximum Gasteiger partial charge on any atom is 0.293 e. The van der Waals surface area contributed by atoms with Gasteiger partial charge in [0.15, 0.2) is 0 Å². The Bertz CT molecular complexity index is 935. The van der Waals surface area contributed by atoms with E-state index >= 15 is 0 Å². The summed E-state index contributed by atoms with van der Waals surface area (Å²) in [5.41, 5.74) is 4.27. The Morgan fingerprint density at radius 1 is 1.14 bits per heavy atom. The number of benzene rings is 2. The van der Waals surface area contributed by atoms with Gasteiger partial charge in [0.1, 0.15) is 5.75 Å². The summed E-state index contributed by atoms with van der Waals surface area (Å²) in [7, 11) is 1.67. The number of carbonyl (C=O) groups is 2. The molecule has 4 nitrogen and oxygen atoms in total. The van der Waals surface area contributed by atoms with Crippen LogP contribution in [0.15, 0.2) is 47.4 Å². The van der Waals surface area contributed by atoms with Crippen LogP contribution in [-0.2, 0) is 11.2 Å². The van der Waals surface area contributed by atoms with Gasteiger partial charge in [0.25, 0.3) is 11.1 Å². The van der Waals surface area contributed by atoms with Gasteiger partial charge < -0.3 is 4.74 Å². The summed E-state index contributed by atoms with van der Waals surface area (Å²) < 4.78 is 5.49. The lowest BCUT2D eigenvalue weighted by atomic mass is 9.96. The minimum atomic E-state index is -0.200. The number of nitrogens with zero attached hydrogens (tertiary/aromatic N) is 1. The lowest BCUT2D eigenvalue weighted by molar-refractivity contribution is -0.122. The molecular weight excluding hydrogens is 382 g/mol. The summed E-state index contributed by atoms with van der Waals surface area (Å²) in [6, 6.07) is 14.2. The SMILES string of the molecule is COc1cc(C)c(/C=C2/SC(=O)N(CCCc3ccccc3)C2=O)cc1C(C)C. The van der Waals surface area contributed by atoms with E-state index in [0.29, 0.717) is 17.4 Å². The highest BCUT2D eigenvalue weighted by Crippen LogP contribution is 2.35. The smallest absolute Gasteiger partial charge is 0.293 e. The van der Waals surface area contributed by atoms with Gasteiger partial charge in [-0.25, -0.2) is 0 Å². The topological polar surface area (TPSA) is 46.6 Å². The molecule has 1 fully saturated rings. The van der Waals surface area contributed by atoms with Gasteiger partial charge in [-0.15, -0.1) is 0 Å².